The molecule has 2 aromatic rings. The molecule has 3 nitrogen and oxygen atoms in total. The predicted octanol–water partition coefficient (Wildman–Crippen LogP) is 5.34. The van der Waals surface area contributed by atoms with Gasteiger partial charge in [-0.05, 0) is 40.0 Å². The van der Waals surface area contributed by atoms with Crippen molar-refractivity contribution in [3.8, 4) is 0 Å². The van der Waals surface area contributed by atoms with Crippen molar-refractivity contribution >= 4 is 27.0 Å². The minimum absolute atomic E-state index is 0.0572. The van der Waals surface area contributed by atoms with Gasteiger partial charge in [-0.25, -0.2) is 0 Å². The van der Waals surface area contributed by atoms with E-state index in [1.807, 2.05) is 0 Å². The molecule has 0 spiro atoms. The number of aliphatic hydroxyl groups is 1. The summed E-state index contributed by atoms with van der Waals surface area (Å²) in [5.74, 6) is 0. The van der Waals surface area contributed by atoms with Crippen LogP contribution in [0.15, 0.2) is 60.7 Å². The zero-order valence-electron chi connectivity index (χ0n) is 20.7. The van der Waals surface area contributed by atoms with E-state index in [2.05, 4.69) is 115 Å². The molecule has 0 fully saturated rings. The molecule has 1 N–H and O–H groups in total. The summed E-state index contributed by atoms with van der Waals surface area (Å²) in [6, 6.07) is 21.3. The third-order valence-corrected chi connectivity index (χ3v) is 16.2. The summed E-state index contributed by atoms with van der Waals surface area (Å²) in [7, 11) is -4.42. The lowest BCUT2D eigenvalue weighted by Gasteiger charge is -2.43. The molecule has 1 atom stereocenters. The van der Waals surface area contributed by atoms with Gasteiger partial charge in [0.1, 0.15) is 0 Å². The Kier molecular flexibility index (Phi) is 8.50. The predicted molar refractivity (Wildman–Crippen MR) is 137 cm³/mol. The smallest absolute Gasteiger partial charge is 0.261 e. The first kappa shape index (κ1) is 26.0. The highest BCUT2D eigenvalue weighted by atomic mass is 28.4. The lowest BCUT2D eigenvalue weighted by atomic mass is 10.2. The maximum atomic E-state index is 10.7. The number of hydrogen-bond acceptors (Lipinski definition) is 3. The Morgan fingerprint density at radius 3 is 1.58 bits per heavy atom. The molecule has 0 aliphatic heterocycles. The van der Waals surface area contributed by atoms with Crippen LogP contribution in [-0.2, 0) is 8.85 Å². The van der Waals surface area contributed by atoms with Gasteiger partial charge in [0, 0.05) is 6.61 Å². The van der Waals surface area contributed by atoms with Gasteiger partial charge in [0.05, 0.1) is 12.7 Å². The van der Waals surface area contributed by atoms with Crippen LogP contribution in [0.3, 0.4) is 0 Å². The van der Waals surface area contributed by atoms with E-state index in [-0.39, 0.29) is 10.1 Å². The Balaban J connectivity index is 2.20. The molecule has 0 heterocycles. The third-order valence-electron chi connectivity index (χ3n) is 6.63. The molecule has 0 radical (unpaired) electrons. The normalized spacial score (nSPS) is 14.5. The summed E-state index contributed by atoms with van der Waals surface area (Å²) in [5, 5.41) is 13.3. The molecule has 5 heteroatoms. The van der Waals surface area contributed by atoms with Gasteiger partial charge in [-0.2, -0.15) is 0 Å². The van der Waals surface area contributed by atoms with Crippen LogP contribution in [0.25, 0.3) is 0 Å². The fourth-order valence-corrected chi connectivity index (χ4v) is 9.34. The molecular weight excluding hydrogens is 416 g/mol. The summed E-state index contributed by atoms with van der Waals surface area (Å²) in [5.41, 5.74) is 0. The summed E-state index contributed by atoms with van der Waals surface area (Å²) in [6.07, 6.45) is 0.0476. The van der Waals surface area contributed by atoms with E-state index in [1.165, 1.54) is 10.4 Å². The SMILES string of the molecule is CC(C)(C)[Si](C)(C)OCC(O)CCO[Si](c1ccccc1)(c1ccccc1)C(C)(C)C. The molecule has 0 aliphatic carbocycles. The van der Waals surface area contributed by atoms with Crippen molar-refractivity contribution < 1.29 is 14.0 Å². The summed E-state index contributed by atoms with van der Waals surface area (Å²) in [4.78, 5) is 0. The molecule has 0 aromatic heterocycles. The minimum atomic E-state index is -2.55. The molecular formula is C26H42O3Si2. The van der Waals surface area contributed by atoms with E-state index >= 15 is 0 Å². The van der Waals surface area contributed by atoms with Gasteiger partial charge in [-0.3, -0.25) is 0 Å². The quantitative estimate of drug-likeness (QED) is 0.516. The monoisotopic (exact) mass is 458 g/mol. The zero-order valence-corrected chi connectivity index (χ0v) is 22.7. The average molecular weight is 459 g/mol. The Labute approximate surface area is 192 Å². The van der Waals surface area contributed by atoms with Gasteiger partial charge in [0.15, 0.2) is 8.32 Å². The van der Waals surface area contributed by atoms with Crippen LogP contribution in [-0.4, -0.2) is 41.1 Å². The third kappa shape index (κ3) is 6.17. The zero-order chi connectivity index (χ0) is 23.3. The van der Waals surface area contributed by atoms with Gasteiger partial charge in [0.2, 0.25) is 0 Å². The number of benzene rings is 2. The Morgan fingerprint density at radius 2 is 1.19 bits per heavy atom. The number of rotatable bonds is 9. The first-order valence-electron chi connectivity index (χ1n) is 11.4. The van der Waals surface area contributed by atoms with Crippen LogP contribution in [0.1, 0.15) is 48.0 Å². The van der Waals surface area contributed by atoms with Crippen molar-refractivity contribution in [2.24, 2.45) is 0 Å². The van der Waals surface area contributed by atoms with E-state index in [0.29, 0.717) is 19.6 Å². The average Bonchev–Trinajstić information content (AvgIpc) is 2.69. The van der Waals surface area contributed by atoms with Crippen LogP contribution in [0, 0.1) is 0 Å². The largest absolute Gasteiger partial charge is 0.414 e. The summed E-state index contributed by atoms with van der Waals surface area (Å²) >= 11 is 0. The molecule has 0 bridgehead atoms. The number of aliphatic hydroxyl groups excluding tert-OH is 1. The van der Waals surface area contributed by atoms with Crippen molar-refractivity contribution in [2.45, 2.75) is 77.2 Å². The van der Waals surface area contributed by atoms with Crippen molar-refractivity contribution in [2.75, 3.05) is 13.2 Å². The minimum Gasteiger partial charge on any atom is -0.414 e. The van der Waals surface area contributed by atoms with Gasteiger partial charge in [0.25, 0.3) is 8.32 Å². The molecule has 0 saturated carbocycles. The fourth-order valence-electron chi connectivity index (χ4n) is 3.71. The second kappa shape index (κ2) is 10.1. The highest BCUT2D eigenvalue weighted by molar-refractivity contribution is 6.99. The van der Waals surface area contributed by atoms with Crippen molar-refractivity contribution in [1.29, 1.82) is 0 Å². The van der Waals surface area contributed by atoms with E-state index in [9.17, 15) is 5.11 Å². The maximum absolute atomic E-state index is 10.7. The lowest BCUT2D eigenvalue weighted by molar-refractivity contribution is 0.0783. The topological polar surface area (TPSA) is 38.7 Å². The van der Waals surface area contributed by atoms with Crippen LogP contribution >= 0.6 is 0 Å². The Bertz CT molecular complexity index is 753. The van der Waals surface area contributed by atoms with Gasteiger partial charge >= 0.3 is 0 Å². The second-order valence-corrected chi connectivity index (χ2v) is 20.1. The lowest BCUT2D eigenvalue weighted by Crippen LogP contribution is -2.66. The molecule has 0 saturated heterocycles. The Hall–Kier alpha value is -1.25. The maximum Gasteiger partial charge on any atom is 0.261 e. The highest BCUT2D eigenvalue weighted by Crippen LogP contribution is 2.38. The first-order chi connectivity index (χ1) is 14.3. The summed E-state index contributed by atoms with van der Waals surface area (Å²) < 4.78 is 13.1. The second-order valence-electron chi connectivity index (χ2n) is 11.0. The van der Waals surface area contributed by atoms with Crippen molar-refractivity contribution in [1.82, 2.24) is 0 Å². The van der Waals surface area contributed by atoms with E-state index in [0.717, 1.165) is 0 Å². The van der Waals surface area contributed by atoms with Crippen LogP contribution in [0.2, 0.25) is 23.2 Å². The van der Waals surface area contributed by atoms with Gasteiger partial charge < -0.3 is 14.0 Å². The van der Waals surface area contributed by atoms with Gasteiger partial charge in [-0.15, -0.1) is 0 Å². The summed E-state index contributed by atoms with van der Waals surface area (Å²) in [6.45, 7) is 18.8. The molecule has 0 aliphatic rings. The fraction of sp³-hybridized carbons (Fsp3) is 0.538. The van der Waals surface area contributed by atoms with Crippen LogP contribution in [0.4, 0.5) is 0 Å². The van der Waals surface area contributed by atoms with Crippen LogP contribution < -0.4 is 10.4 Å². The Morgan fingerprint density at radius 1 is 0.742 bits per heavy atom. The standard InChI is InChI=1S/C26H42O3Si2/c1-25(2,3)30(7,8)29-21-22(27)19-20-28-31(26(4,5)6,23-15-11-9-12-16-23)24-17-13-10-14-18-24/h9-18,22,27H,19-21H2,1-8H3. The first-order valence-corrected chi connectivity index (χ1v) is 16.2. The van der Waals surface area contributed by atoms with E-state index < -0.39 is 22.7 Å². The molecule has 0 amide bonds. The van der Waals surface area contributed by atoms with E-state index in [1.54, 1.807) is 0 Å². The highest BCUT2D eigenvalue weighted by Gasteiger charge is 2.50. The van der Waals surface area contributed by atoms with E-state index in [4.69, 9.17) is 8.85 Å². The molecule has 172 valence electrons. The van der Waals surface area contributed by atoms with Crippen molar-refractivity contribution in [3.63, 3.8) is 0 Å². The van der Waals surface area contributed by atoms with Crippen molar-refractivity contribution in [3.05, 3.63) is 60.7 Å². The van der Waals surface area contributed by atoms with Crippen LogP contribution in [0.5, 0.6) is 0 Å². The molecule has 2 rings (SSSR count). The molecule has 2 aromatic carbocycles. The molecule has 1 unspecified atom stereocenters. The number of hydrogen-bond donors (Lipinski definition) is 1. The van der Waals surface area contributed by atoms with Gasteiger partial charge in [-0.1, -0.05) is 102 Å². The molecule has 31 heavy (non-hydrogen) atoms.